The Balaban J connectivity index is 2.52. The van der Waals surface area contributed by atoms with Crippen LogP contribution in [-0.2, 0) is 9.53 Å². The van der Waals surface area contributed by atoms with Gasteiger partial charge in [0.2, 0.25) is 0 Å². The molecule has 88 valence electrons. The highest BCUT2D eigenvalue weighted by Crippen LogP contribution is 2.12. The second-order valence-electron chi connectivity index (χ2n) is 3.48. The number of ether oxygens (including phenoxy) is 1. The summed E-state index contributed by atoms with van der Waals surface area (Å²) < 4.78 is 4.90. The predicted molar refractivity (Wildman–Crippen MR) is 61.3 cm³/mol. The molecular weight excluding hydrogens is 206 g/mol. The van der Waals surface area contributed by atoms with E-state index in [-0.39, 0.29) is 0 Å². The van der Waals surface area contributed by atoms with Crippen LogP contribution < -0.4 is 5.32 Å². The van der Waals surface area contributed by atoms with Crippen LogP contribution in [0.2, 0.25) is 0 Å². The van der Waals surface area contributed by atoms with Crippen LogP contribution in [0.4, 0.5) is 0 Å². The minimum atomic E-state index is -0.858. The largest absolute Gasteiger partial charge is 0.480 e. The first kappa shape index (κ1) is 12.7. The van der Waals surface area contributed by atoms with Gasteiger partial charge in [-0.05, 0) is 18.5 Å². The molecule has 0 saturated heterocycles. The van der Waals surface area contributed by atoms with Crippen molar-refractivity contribution in [1.29, 1.82) is 0 Å². The van der Waals surface area contributed by atoms with Gasteiger partial charge >= 0.3 is 5.97 Å². The summed E-state index contributed by atoms with van der Waals surface area (Å²) in [5.74, 6) is -0.858. The quantitative estimate of drug-likeness (QED) is 0.687. The Labute approximate surface area is 95.2 Å². The van der Waals surface area contributed by atoms with E-state index in [2.05, 4.69) is 5.32 Å². The number of benzene rings is 1. The van der Waals surface area contributed by atoms with Crippen LogP contribution in [0.25, 0.3) is 0 Å². The van der Waals surface area contributed by atoms with E-state index < -0.39 is 12.0 Å². The summed E-state index contributed by atoms with van der Waals surface area (Å²) in [5.41, 5.74) is 0.771. The van der Waals surface area contributed by atoms with E-state index in [1.807, 2.05) is 30.3 Å². The van der Waals surface area contributed by atoms with E-state index in [1.165, 1.54) is 0 Å². The molecule has 1 atom stereocenters. The third kappa shape index (κ3) is 4.00. The lowest BCUT2D eigenvalue weighted by Gasteiger charge is -2.14. The smallest absolute Gasteiger partial charge is 0.325 e. The SMILES string of the molecule is COCCCNC(C(=O)O)c1ccccc1. The molecule has 4 nitrogen and oxygen atoms in total. The van der Waals surface area contributed by atoms with Gasteiger partial charge in [0.15, 0.2) is 0 Å². The highest BCUT2D eigenvalue weighted by molar-refractivity contribution is 5.75. The summed E-state index contributed by atoms with van der Waals surface area (Å²) in [7, 11) is 1.63. The summed E-state index contributed by atoms with van der Waals surface area (Å²) in [5, 5.41) is 12.1. The second-order valence-corrected chi connectivity index (χ2v) is 3.48. The topological polar surface area (TPSA) is 58.6 Å². The zero-order valence-corrected chi connectivity index (χ0v) is 9.35. The van der Waals surface area contributed by atoms with Gasteiger partial charge in [-0.25, -0.2) is 0 Å². The molecule has 0 saturated carbocycles. The average Bonchev–Trinajstić information content (AvgIpc) is 2.30. The van der Waals surface area contributed by atoms with Crippen LogP contribution >= 0.6 is 0 Å². The molecule has 4 heteroatoms. The van der Waals surface area contributed by atoms with Gasteiger partial charge in [-0.15, -0.1) is 0 Å². The van der Waals surface area contributed by atoms with Gasteiger partial charge in [0.25, 0.3) is 0 Å². The van der Waals surface area contributed by atoms with Gasteiger partial charge < -0.3 is 15.2 Å². The first-order valence-corrected chi connectivity index (χ1v) is 5.25. The lowest BCUT2D eigenvalue weighted by Crippen LogP contribution is -2.29. The van der Waals surface area contributed by atoms with Gasteiger partial charge in [0.1, 0.15) is 6.04 Å². The second kappa shape index (κ2) is 6.98. The summed E-state index contributed by atoms with van der Waals surface area (Å²) >= 11 is 0. The molecule has 1 rings (SSSR count). The fourth-order valence-electron chi connectivity index (χ4n) is 1.46. The van der Waals surface area contributed by atoms with Crippen LogP contribution in [0.1, 0.15) is 18.0 Å². The molecule has 16 heavy (non-hydrogen) atoms. The van der Waals surface area contributed by atoms with E-state index in [0.29, 0.717) is 13.2 Å². The predicted octanol–water partition coefficient (Wildman–Crippen LogP) is 1.44. The summed E-state index contributed by atoms with van der Waals surface area (Å²) in [4.78, 5) is 11.1. The van der Waals surface area contributed by atoms with Gasteiger partial charge in [-0.1, -0.05) is 30.3 Å². The number of methoxy groups -OCH3 is 1. The zero-order chi connectivity index (χ0) is 11.8. The molecule has 2 N–H and O–H groups in total. The van der Waals surface area contributed by atoms with Crippen LogP contribution in [-0.4, -0.2) is 31.3 Å². The van der Waals surface area contributed by atoms with E-state index in [4.69, 9.17) is 9.84 Å². The number of carboxylic acid groups (broad SMARTS) is 1. The number of carboxylic acids is 1. The molecule has 0 bridgehead atoms. The zero-order valence-electron chi connectivity index (χ0n) is 9.35. The highest BCUT2D eigenvalue weighted by Gasteiger charge is 2.17. The number of carbonyl (C=O) groups is 1. The summed E-state index contributed by atoms with van der Waals surface area (Å²) in [6.07, 6.45) is 0.799. The third-order valence-corrected chi connectivity index (χ3v) is 2.25. The van der Waals surface area contributed by atoms with Crippen LogP contribution in [0.5, 0.6) is 0 Å². The maximum atomic E-state index is 11.1. The minimum absolute atomic E-state index is 0.625. The minimum Gasteiger partial charge on any atom is -0.480 e. The van der Waals surface area contributed by atoms with E-state index in [1.54, 1.807) is 7.11 Å². The van der Waals surface area contributed by atoms with E-state index >= 15 is 0 Å². The van der Waals surface area contributed by atoms with Crippen molar-refractivity contribution in [2.45, 2.75) is 12.5 Å². The van der Waals surface area contributed by atoms with Crippen LogP contribution in [0.3, 0.4) is 0 Å². The normalized spacial score (nSPS) is 12.3. The van der Waals surface area contributed by atoms with Crippen molar-refractivity contribution in [3.05, 3.63) is 35.9 Å². The van der Waals surface area contributed by atoms with E-state index in [0.717, 1.165) is 12.0 Å². The first-order chi connectivity index (χ1) is 7.75. The third-order valence-electron chi connectivity index (χ3n) is 2.25. The number of nitrogens with one attached hydrogen (secondary N) is 1. The molecule has 0 aliphatic heterocycles. The molecule has 0 heterocycles. The molecule has 0 spiro atoms. The van der Waals surface area contributed by atoms with Crippen molar-refractivity contribution in [2.75, 3.05) is 20.3 Å². The van der Waals surface area contributed by atoms with Gasteiger partial charge in [-0.2, -0.15) is 0 Å². The maximum absolute atomic E-state index is 11.1. The maximum Gasteiger partial charge on any atom is 0.325 e. The van der Waals surface area contributed by atoms with Gasteiger partial charge in [0.05, 0.1) is 0 Å². The number of hydrogen-bond acceptors (Lipinski definition) is 3. The number of hydrogen-bond donors (Lipinski definition) is 2. The summed E-state index contributed by atoms with van der Waals surface area (Å²) in [6, 6.07) is 8.51. The Morgan fingerprint density at radius 1 is 1.44 bits per heavy atom. The van der Waals surface area contributed by atoms with Gasteiger partial charge in [-0.3, -0.25) is 4.79 Å². The molecule has 0 amide bonds. The molecular formula is C12H17NO3. The molecule has 1 aromatic carbocycles. The molecule has 0 aromatic heterocycles. The molecule has 1 aromatic rings. The average molecular weight is 223 g/mol. The van der Waals surface area contributed by atoms with Crippen LogP contribution in [0.15, 0.2) is 30.3 Å². The number of aliphatic carboxylic acids is 1. The van der Waals surface area contributed by atoms with Crippen molar-refractivity contribution in [2.24, 2.45) is 0 Å². The molecule has 0 radical (unpaired) electrons. The van der Waals surface area contributed by atoms with E-state index in [9.17, 15) is 4.79 Å². The Hall–Kier alpha value is -1.39. The summed E-state index contributed by atoms with van der Waals surface area (Å²) in [6.45, 7) is 1.26. The molecule has 0 aliphatic rings. The lowest BCUT2D eigenvalue weighted by molar-refractivity contribution is -0.139. The molecule has 0 fully saturated rings. The van der Waals surface area contributed by atoms with Crippen molar-refractivity contribution in [1.82, 2.24) is 5.32 Å². The Morgan fingerprint density at radius 2 is 2.12 bits per heavy atom. The Kier molecular flexibility index (Phi) is 5.53. The number of rotatable bonds is 7. The fourth-order valence-corrected chi connectivity index (χ4v) is 1.46. The van der Waals surface area contributed by atoms with Gasteiger partial charge in [0, 0.05) is 13.7 Å². The Morgan fingerprint density at radius 3 is 2.69 bits per heavy atom. The van der Waals surface area contributed by atoms with Crippen molar-refractivity contribution >= 4 is 5.97 Å². The lowest BCUT2D eigenvalue weighted by atomic mass is 10.1. The fraction of sp³-hybridized carbons (Fsp3) is 0.417. The Bertz CT molecular complexity index is 313. The monoisotopic (exact) mass is 223 g/mol. The first-order valence-electron chi connectivity index (χ1n) is 5.25. The van der Waals surface area contributed by atoms with Crippen molar-refractivity contribution < 1.29 is 14.6 Å². The van der Waals surface area contributed by atoms with Crippen molar-refractivity contribution in [3.8, 4) is 0 Å². The van der Waals surface area contributed by atoms with Crippen LogP contribution in [0, 0.1) is 0 Å². The van der Waals surface area contributed by atoms with Crippen molar-refractivity contribution in [3.63, 3.8) is 0 Å². The highest BCUT2D eigenvalue weighted by atomic mass is 16.5. The molecule has 0 aliphatic carbocycles. The standard InChI is InChI=1S/C12H17NO3/c1-16-9-5-8-13-11(12(14)15)10-6-3-2-4-7-10/h2-4,6-7,11,13H,5,8-9H2,1H3,(H,14,15). The molecule has 1 unspecified atom stereocenters.